The Labute approximate surface area is 116 Å². The average Bonchev–Trinajstić information content (AvgIpc) is 2.86. The topological polar surface area (TPSA) is 92.4 Å². The van der Waals surface area contributed by atoms with Crippen LogP contribution in [0.4, 0.5) is 10.1 Å². The van der Waals surface area contributed by atoms with Crippen LogP contribution >= 0.6 is 0 Å². The molecule has 20 heavy (non-hydrogen) atoms. The summed E-state index contributed by atoms with van der Waals surface area (Å²) in [6.07, 6.45) is 2.68. The zero-order valence-electron chi connectivity index (χ0n) is 10.9. The summed E-state index contributed by atoms with van der Waals surface area (Å²) in [6.45, 7) is 0.463. The fourth-order valence-electron chi connectivity index (χ4n) is 2.67. The van der Waals surface area contributed by atoms with E-state index in [1.54, 1.807) is 0 Å². The lowest BCUT2D eigenvalue weighted by atomic mass is 9.95. The number of nitrogens with one attached hydrogen (secondary N) is 1. The lowest BCUT2D eigenvalue weighted by molar-refractivity contribution is -0.120. The molecule has 1 aromatic carbocycles. The van der Waals surface area contributed by atoms with Crippen molar-refractivity contribution in [1.29, 1.82) is 0 Å². The maximum absolute atomic E-state index is 13.5. The van der Waals surface area contributed by atoms with Gasteiger partial charge >= 0.3 is 5.97 Å². The molecule has 0 aromatic heterocycles. The molecule has 2 atom stereocenters. The molecule has 1 saturated carbocycles. The van der Waals surface area contributed by atoms with E-state index >= 15 is 0 Å². The van der Waals surface area contributed by atoms with Crippen LogP contribution in [0, 0.1) is 17.7 Å². The second kappa shape index (κ2) is 6.00. The molecular weight excluding hydrogens is 263 g/mol. The molecule has 0 saturated heterocycles. The van der Waals surface area contributed by atoms with Gasteiger partial charge in [0.25, 0.3) is 0 Å². The van der Waals surface area contributed by atoms with Crippen LogP contribution in [0.2, 0.25) is 0 Å². The first kappa shape index (κ1) is 14.5. The molecule has 0 bridgehead atoms. The Hall–Kier alpha value is -1.95. The average molecular weight is 280 g/mol. The molecule has 0 radical (unpaired) electrons. The van der Waals surface area contributed by atoms with Gasteiger partial charge in [-0.25, -0.2) is 9.18 Å². The minimum absolute atomic E-state index is 0.151. The Morgan fingerprint density at radius 1 is 1.40 bits per heavy atom. The van der Waals surface area contributed by atoms with E-state index in [4.69, 9.17) is 10.8 Å². The SMILES string of the molecule is NCC1CCCC1C(=O)Nc1ccc(C(=O)O)c(F)c1. The van der Waals surface area contributed by atoms with Gasteiger partial charge in [-0.05, 0) is 43.5 Å². The van der Waals surface area contributed by atoms with E-state index in [-0.39, 0.29) is 23.4 Å². The van der Waals surface area contributed by atoms with Crippen LogP contribution in [-0.4, -0.2) is 23.5 Å². The number of halogens is 1. The highest BCUT2D eigenvalue weighted by Crippen LogP contribution is 2.32. The maximum Gasteiger partial charge on any atom is 0.338 e. The predicted molar refractivity (Wildman–Crippen MR) is 71.9 cm³/mol. The zero-order valence-corrected chi connectivity index (χ0v) is 10.9. The van der Waals surface area contributed by atoms with E-state index < -0.39 is 17.3 Å². The van der Waals surface area contributed by atoms with Crippen molar-refractivity contribution < 1.29 is 19.1 Å². The van der Waals surface area contributed by atoms with Crippen LogP contribution in [0.1, 0.15) is 29.6 Å². The Balaban J connectivity index is 2.08. The fraction of sp³-hybridized carbons (Fsp3) is 0.429. The second-order valence-electron chi connectivity index (χ2n) is 5.02. The van der Waals surface area contributed by atoms with Gasteiger partial charge in [0.15, 0.2) is 0 Å². The van der Waals surface area contributed by atoms with Gasteiger partial charge in [-0.15, -0.1) is 0 Å². The highest BCUT2D eigenvalue weighted by atomic mass is 19.1. The summed E-state index contributed by atoms with van der Waals surface area (Å²) in [4.78, 5) is 22.8. The first-order valence-corrected chi connectivity index (χ1v) is 6.56. The van der Waals surface area contributed by atoms with Gasteiger partial charge in [0, 0.05) is 11.6 Å². The zero-order chi connectivity index (χ0) is 14.7. The number of benzene rings is 1. The molecule has 1 aliphatic carbocycles. The number of rotatable bonds is 4. The monoisotopic (exact) mass is 280 g/mol. The lowest BCUT2D eigenvalue weighted by Crippen LogP contribution is -2.29. The van der Waals surface area contributed by atoms with Gasteiger partial charge in [-0.1, -0.05) is 6.42 Å². The van der Waals surface area contributed by atoms with E-state index in [0.29, 0.717) is 6.54 Å². The molecule has 5 nitrogen and oxygen atoms in total. The molecule has 1 aliphatic rings. The maximum atomic E-state index is 13.5. The van der Waals surface area contributed by atoms with Gasteiger partial charge < -0.3 is 16.2 Å². The second-order valence-corrected chi connectivity index (χ2v) is 5.02. The Morgan fingerprint density at radius 2 is 2.15 bits per heavy atom. The molecular formula is C14H17FN2O3. The number of aromatic carboxylic acids is 1. The molecule has 0 spiro atoms. The smallest absolute Gasteiger partial charge is 0.338 e. The Kier molecular flexibility index (Phi) is 4.34. The normalized spacial score (nSPS) is 21.7. The van der Waals surface area contributed by atoms with Crippen LogP contribution < -0.4 is 11.1 Å². The summed E-state index contributed by atoms with van der Waals surface area (Å²) in [5.41, 5.74) is 5.48. The number of hydrogen-bond acceptors (Lipinski definition) is 3. The first-order chi connectivity index (χ1) is 9.52. The molecule has 1 fully saturated rings. The van der Waals surface area contributed by atoms with Crippen molar-refractivity contribution >= 4 is 17.6 Å². The summed E-state index contributed by atoms with van der Waals surface area (Å²) in [7, 11) is 0. The molecule has 0 aliphatic heterocycles. The largest absolute Gasteiger partial charge is 0.478 e. The highest BCUT2D eigenvalue weighted by Gasteiger charge is 2.31. The molecule has 2 unspecified atom stereocenters. The van der Waals surface area contributed by atoms with Crippen molar-refractivity contribution in [2.45, 2.75) is 19.3 Å². The van der Waals surface area contributed by atoms with Crippen LogP contribution in [0.3, 0.4) is 0 Å². The van der Waals surface area contributed by atoms with Gasteiger partial charge in [0.2, 0.25) is 5.91 Å². The number of carbonyl (C=O) groups is 2. The molecule has 1 amide bonds. The summed E-state index contributed by atoms with van der Waals surface area (Å²) in [6, 6.07) is 3.55. The Morgan fingerprint density at radius 3 is 2.75 bits per heavy atom. The Bertz CT molecular complexity index is 533. The molecule has 6 heteroatoms. The number of nitrogens with two attached hydrogens (primary N) is 1. The quantitative estimate of drug-likeness (QED) is 0.784. The van der Waals surface area contributed by atoms with Crippen molar-refractivity contribution in [2.24, 2.45) is 17.6 Å². The highest BCUT2D eigenvalue weighted by molar-refractivity contribution is 5.94. The number of anilines is 1. The fourth-order valence-corrected chi connectivity index (χ4v) is 2.67. The van der Waals surface area contributed by atoms with Crippen molar-refractivity contribution in [1.82, 2.24) is 0 Å². The summed E-state index contributed by atoms with van der Waals surface area (Å²) >= 11 is 0. The first-order valence-electron chi connectivity index (χ1n) is 6.56. The van der Waals surface area contributed by atoms with Crippen molar-refractivity contribution in [3.8, 4) is 0 Å². The lowest BCUT2D eigenvalue weighted by Gasteiger charge is -2.17. The number of hydrogen-bond donors (Lipinski definition) is 3. The summed E-state index contributed by atoms with van der Waals surface area (Å²) in [5.74, 6) is -2.36. The number of carbonyl (C=O) groups excluding carboxylic acids is 1. The van der Waals surface area contributed by atoms with Crippen LogP contribution in [0.25, 0.3) is 0 Å². The molecule has 0 heterocycles. The molecule has 1 aromatic rings. The van der Waals surface area contributed by atoms with Gasteiger partial charge in [0.05, 0.1) is 5.56 Å². The van der Waals surface area contributed by atoms with E-state index in [9.17, 15) is 14.0 Å². The minimum Gasteiger partial charge on any atom is -0.478 e. The van der Waals surface area contributed by atoms with Crippen LogP contribution in [0.5, 0.6) is 0 Å². The van der Waals surface area contributed by atoms with Crippen LogP contribution in [-0.2, 0) is 4.79 Å². The third-order valence-corrected chi connectivity index (χ3v) is 3.77. The summed E-state index contributed by atoms with van der Waals surface area (Å²) in [5, 5.41) is 11.4. The van der Waals surface area contributed by atoms with Crippen molar-refractivity contribution in [3.05, 3.63) is 29.6 Å². The molecule has 4 N–H and O–H groups in total. The van der Waals surface area contributed by atoms with Crippen LogP contribution in [0.15, 0.2) is 18.2 Å². The molecule has 2 rings (SSSR count). The van der Waals surface area contributed by atoms with Gasteiger partial charge in [-0.2, -0.15) is 0 Å². The van der Waals surface area contributed by atoms with Crippen molar-refractivity contribution in [3.63, 3.8) is 0 Å². The van der Waals surface area contributed by atoms with Crippen molar-refractivity contribution in [2.75, 3.05) is 11.9 Å². The van der Waals surface area contributed by atoms with E-state index in [0.717, 1.165) is 31.4 Å². The number of carboxylic acids is 1. The molecule has 108 valence electrons. The van der Waals surface area contributed by atoms with E-state index in [2.05, 4.69) is 5.32 Å². The third kappa shape index (κ3) is 2.96. The number of amides is 1. The van der Waals surface area contributed by atoms with E-state index in [1.807, 2.05) is 0 Å². The third-order valence-electron chi connectivity index (χ3n) is 3.77. The van der Waals surface area contributed by atoms with E-state index in [1.165, 1.54) is 6.07 Å². The number of carboxylic acid groups (broad SMARTS) is 1. The standard InChI is InChI=1S/C14H17FN2O3/c15-12-6-9(4-5-11(12)14(19)20)17-13(18)10-3-1-2-8(10)7-16/h4-6,8,10H,1-3,7,16H2,(H,17,18)(H,19,20). The minimum atomic E-state index is -1.33. The van der Waals surface area contributed by atoms with Gasteiger partial charge in [0.1, 0.15) is 5.82 Å². The van der Waals surface area contributed by atoms with Gasteiger partial charge in [-0.3, -0.25) is 4.79 Å². The predicted octanol–water partition coefficient (Wildman–Crippen LogP) is 1.84. The summed E-state index contributed by atoms with van der Waals surface area (Å²) < 4.78 is 13.5.